The van der Waals surface area contributed by atoms with Gasteiger partial charge in [0.25, 0.3) is 0 Å². The minimum absolute atomic E-state index is 0.156. The highest BCUT2D eigenvalue weighted by molar-refractivity contribution is 7.94. The minimum Gasteiger partial charge on any atom is -0.748 e. The molecule has 2 heterocycles. The molecule has 0 amide bonds. The summed E-state index contributed by atoms with van der Waals surface area (Å²) < 4.78 is 42.2. The predicted molar refractivity (Wildman–Crippen MR) is 122 cm³/mol. The van der Waals surface area contributed by atoms with Crippen LogP contribution in [0.3, 0.4) is 0 Å². The molecule has 1 aromatic carbocycles. The SMILES string of the molecule is CC1=[N+](CCCSOO[O-])c2cc3c(cc2C1(C)C)[N+](CCCS(=O)(=O)[O-])=C(C)C3(C)C. The zero-order valence-corrected chi connectivity index (χ0v) is 21.2. The third-order valence-electron chi connectivity index (χ3n) is 7.12. The second-order valence-corrected chi connectivity index (χ2v) is 11.8. The van der Waals surface area contributed by atoms with Crippen LogP contribution in [0.1, 0.15) is 65.5 Å². The Hall–Kier alpha value is -1.30. The summed E-state index contributed by atoms with van der Waals surface area (Å²) in [5.74, 6) is 0.282. The molecule has 0 saturated heterocycles. The highest BCUT2D eigenvalue weighted by atomic mass is 32.2. The van der Waals surface area contributed by atoms with Crippen LogP contribution >= 0.6 is 12.0 Å². The summed E-state index contributed by atoms with van der Waals surface area (Å²) in [6.45, 7) is 14.3. The maximum atomic E-state index is 11.1. The van der Waals surface area contributed by atoms with Gasteiger partial charge >= 0.3 is 0 Å². The van der Waals surface area contributed by atoms with Crippen LogP contribution in [0, 0.1) is 0 Å². The Labute approximate surface area is 194 Å². The highest BCUT2D eigenvalue weighted by Crippen LogP contribution is 2.48. The van der Waals surface area contributed by atoms with Gasteiger partial charge in [0.1, 0.15) is 13.1 Å². The third-order valence-corrected chi connectivity index (χ3v) is 8.52. The first-order chi connectivity index (χ1) is 14.8. The van der Waals surface area contributed by atoms with Crippen molar-refractivity contribution < 1.29 is 36.8 Å². The van der Waals surface area contributed by atoms with Gasteiger partial charge < -0.3 is 9.81 Å². The normalized spacial score (nSPS) is 19.0. The molecule has 2 aliphatic rings. The fourth-order valence-electron chi connectivity index (χ4n) is 4.76. The number of fused-ring (bicyclic) bond motifs is 2. The molecule has 8 nitrogen and oxygen atoms in total. The lowest BCUT2D eigenvalue weighted by atomic mass is 9.78. The molecule has 1 aromatic rings. The van der Waals surface area contributed by atoms with Crippen LogP contribution in [0.4, 0.5) is 11.4 Å². The van der Waals surface area contributed by atoms with E-state index in [1.807, 2.05) is 0 Å². The first-order valence-electron chi connectivity index (χ1n) is 10.8. The van der Waals surface area contributed by atoms with Gasteiger partial charge in [-0.15, -0.1) is 0 Å². The Bertz CT molecular complexity index is 1070. The van der Waals surface area contributed by atoms with E-state index in [9.17, 15) is 18.2 Å². The van der Waals surface area contributed by atoms with Crippen molar-refractivity contribution in [2.75, 3.05) is 24.6 Å². The Morgan fingerprint density at radius 3 is 1.84 bits per heavy atom. The predicted octanol–water partition coefficient (Wildman–Crippen LogP) is 2.68. The average Bonchev–Trinajstić information content (AvgIpc) is 3.00. The van der Waals surface area contributed by atoms with Crippen LogP contribution in [0.25, 0.3) is 0 Å². The summed E-state index contributed by atoms with van der Waals surface area (Å²) in [5, 5.41) is 13.4. The maximum Gasteiger partial charge on any atom is 0.210 e. The van der Waals surface area contributed by atoms with Crippen molar-refractivity contribution in [2.24, 2.45) is 0 Å². The van der Waals surface area contributed by atoms with E-state index in [2.05, 4.69) is 72.2 Å². The molecule has 0 radical (unpaired) electrons. The van der Waals surface area contributed by atoms with Crippen molar-refractivity contribution in [3.63, 3.8) is 0 Å². The molecule has 0 N–H and O–H groups in total. The van der Waals surface area contributed by atoms with Gasteiger partial charge in [-0.2, -0.15) is 13.5 Å². The van der Waals surface area contributed by atoms with Crippen molar-refractivity contribution in [3.8, 4) is 0 Å². The first kappa shape index (κ1) is 25.3. The minimum atomic E-state index is -4.23. The molecule has 0 aliphatic carbocycles. The van der Waals surface area contributed by atoms with Gasteiger partial charge in [0.05, 0.1) is 20.9 Å². The van der Waals surface area contributed by atoms with Gasteiger partial charge in [-0.05, 0) is 27.7 Å². The quantitative estimate of drug-likeness (QED) is 0.126. The van der Waals surface area contributed by atoms with Crippen LogP contribution in [0.2, 0.25) is 0 Å². The summed E-state index contributed by atoms with van der Waals surface area (Å²) in [6, 6.07) is 4.50. The zero-order chi connectivity index (χ0) is 23.9. The van der Waals surface area contributed by atoms with Crippen LogP contribution in [0.5, 0.6) is 0 Å². The van der Waals surface area contributed by atoms with E-state index >= 15 is 0 Å². The number of nitrogens with zero attached hydrogens (tertiary/aromatic N) is 2. The van der Waals surface area contributed by atoms with Crippen molar-refractivity contribution in [3.05, 3.63) is 23.3 Å². The van der Waals surface area contributed by atoms with Gasteiger partial charge in [0.15, 0.2) is 11.4 Å². The molecule has 10 heteroatoms. The van der Waals surface area contributed by atoms with E-state index in [-0.39, 0.29) is 16.6 Å². The van der Waals surface area contributed by atoms with Gasteiger partial charge in [-0.3, -0.25) is 5.04 Å². The molecule has 0 fully saturated rings. The lowest BCUT2D eigenvalue weighted by Gasteiger charge is -2.17. The monoisotopic (exact) mass is 484 g/mol. The molecule has 0 atom stereocenters. The van der Waals surface area contributed by atoms with E-state index in [0.717, 1.165) is 36.4 Å². The Kier molecular flexibility index (Phi) is 7.24. The Morgan fingerprint density at radius 2 is 1.41 bits per heavy atom. The van der Waals surface area contributed by atoms with Crippen molar-refractivity contribution >= 4 is 45.0 Å². The molecule has 3 rings (SSSR count). The van der Waals surface area contributed by atoms with Gasteiger partial charge in [0, 0.05) is 73.5 Å². The molecular formula is C22H32N2O6S2. The zero-order valence-electron chi connectivity index (χ0n) is 19.6. The van der Waals surface area contributed by atoms with Crippen LogP contribution in [0.15, 0.2) is 12.1 Å². The number of hydrogen-bond donors (Lipinski definition) is 0. The fraction of sp³-hybridized carbons (Fsp3) is 0.636. The second-order valence-electron chi connectivity index (χ2n) is 9.54. The van der Waals surface area contributed by atoms with E-state index in [1.54, 1.807) is 0 Å². The summed E-state index contributed by atoms with van der Waals surface area (Å²) >= 11 is 1.00. The van der Waals surface area contributed by atoms with Gasteiger partial charge in [-0.25, -0.2) is 8.42 Å². The highest BCUT2D eigenvalue weighted by Gasteiger charge is 2.49. The topological polar surface area (TPSA) is 105 Å². The number of hydrogen-bond acceptors (Lipinski definition) is 7. The van der Waals surface area contributed by atoms with Gasteiger partial charge in [0.2, 0.25) is 11.4 Å². The fourth-order valence-corrected chi connectivity index (χ4v) is 5.60. The van der Waals surface area contributed by atoms with Crippen LogP contribution in [-0.2, 0) is 30.3 Å². The second kappa shape index (κ2) is 9.15. The van der Waals surface area contributed by atoms with E-state index in [4.69, 9.17) is 0 Å². The molecule has 178 valence electrons. The first-order valence-corrected chi connectivity index (χ1v) is 13.2. The molecule has 32 heavy (non-hydrogen) atoms. The molecular weight excluding hydrogens is 452 g/mol. The van der Waals surface area contributed by atoms with E-state index in [1.165, 1.54) is 22.5 Å². The number of benzene rings is 1. The molecule has 0 saturated carbocycles. The van der Waals surface area contributed by atoms with Crippen molar-refractivity contribution in [1.29, 1.82) is 0 Å². The Morgan fingerprint density at radius 1 is 0.938 bits per heavy atom. The summed E-state index contributed by atoms with van der Waals surface area (Å²) in [4.78, 5) is 0. The van der Waals surface area contributed by atoms with Crippen LogP contribution in [-0.4, -0.2) is 58.1 Å². The van der Waals surface area contributed by atoms with Gasteiger partial charge in [-0.1, -0.05) is 0 Å². The molecule has 2 aliphatic heterocycles. The number of rotatable bonds is 10. The summed E-state index contributed by atoms with van der Waals surface area (Å²) in [5.41, 5.74) is 6.74. The Balaban J connectivity index is 1.96. The summed E-state index contributed by atoms with van der Waals surface area (Å²) in [6.07, 6.45) is 1.12. The molecule has 0 bridgehead atoms. The molecule has 0 unspecified atom stereocenters. The lowest BCUT2D eigenvalue weighted by Crippen LogP contribution is -2.27. The standard InChI is InChI=1S/C22H32N2O6S2/c1-15-21(3,4)17-14-20-18(13-19(17)23(15)9-7-11-31-30-29-25)22(5,6)16(2)24(20)10-8-12-32(26,27)28/h13-14H,7-12H2,1-6H3. The third kappa shape index (κ3) is 4.67. The largest absolute Gasteiger partial charge is 0.748 e. The lowest BCUT2D eigenvalue weighted by molar-refractivity contribution is -0.777. The van der Waals surface area contributed by atoms with E-state index in [0.29, 0.717) is 18.7 Å². The van der Waals surface area contributed by atoms with Crippen molar-refractivity contribution in [1.82, 2.24) is 0 Å². The molecule has 0 aromatic heterocycles. The average molecular weight is 485 g/mol. The van der Waals surface area contributed by atoms with Crippen LogP contribution < -0.4 is 5.26 Å². The maximum absolute atomic E-state index is 11.1. The summed E-state index contributed by atoms with van der Waals surface area (Å²) in [7, 11) is -4.23. The van der Waals surface area contributed by atoms with Crippen molar-refractivity contribution in [2.45, 2.75) is 65.2 Å². The molecule has 0 spiro atoms. The smallest absolute Gasteiger partial charge is 0.210 e. The van der Waals surface area contributed by atoms with E-state index < -0.39 is 10.1 Å².